The summed E-state index contributed by atoms with van der Waals surface area (Å²) in [5, 5.41) is 0. The number of rotatable bonds is 6. The van der Waals surface area contributed by atoms with Gasteiger partial charge in [-0.2, -0.15) is 0 Å². The molecule has 0 atom stereocenters. The summed E-state index contributed by atoms with van der Waals surface area (Å²) >= 11 is 0. The van der Waals surface area contributed by atoms with E-state index in [0.717, 1.165) is 34.3 Å². The molecule has 0 amide bonds. The number of hydrogen-bond donors (Lipinski definition) is 0. The Morgan fingerprint density at radius 2 is 1.42 bits per heavy atom. The van der Waals surface area contributed by atoms with E-state index in [4.69, 9.17) is 0 Å². The van der Waals surface area contributed by atoms with Crippen LogP contribution in [0.2, 0.25) is 0 Å². The van der Waals surface area contributed by atoms with Gasteiger partial charge in [0.1, 0.15) is 0 Å². The van der Waals surface area contributed by atoms with E-state index < -0.39 is 0 Å². The molecule has 24 heavy (non-hydrogen) atoms. The second kappa shape index (κ2) is 8.31. The monoisotopic (exact) mass is 314 g/mol. The SMILES string of the molecule is C=C(/C(C)=C\C(=C/C)CC)c1ccc(C(=C)c2ccccc2)cc1. The van der Waals surface area contributed by atoms with Crippen molar-refractivity contribution in [2.45, 2.75) is 27.2 Å². The third-order valence-corrected chi connectivity index (χ3v) is 4.36. The highest BCUT2D eigenvalue weighted by Crippen LogP contribution is 2.26. The summed E-state index contributed by atoms with van der Waals surface area (Å²) in [6.07, 6.45) is 5.42. The van der Waals surface area contributed by atoms with Gasteiger partial charge in [-0.15, -0.1) is 0 Å². The Morgan fingerprint density at radius 3 is 1.96 bits per heavy atom. The lowest BCUT2D eigenvalue weighted by Gasteiger charge is -2.10. The summed E-state index contributed by atoms with van der Waals surface area (Å²) in [4.78, 5) is 0. The van der Waals surface area contributed by atoms with Crippen molar-refractivity contribution >= 4 is 11.1 Å². The lowest BCUT2D eigenvalue weighted by molar-refractivity contribution is 1.14. The molecule has 2 aromatic carbocycles. The average molecular weight is 314 g/mol. The lowest BCUT2D eigenvalue weighted by Crippen LogP contribution is -1.89. The van der Waals surface area contributed by atoms with Crippen molar-refractivity contribution in [3.8, 4) is 0 Å². The fraction of sp³-hybridized carbons (Fsp3) is 0.167. The van der Waals surface area contributed by atoms with E-state index in [9.17, 15) is 0 Å². The third kappa shape index (κ3) is 4.23. The molecule has 0 fully saturated rings. The maximum absolute atomic E-state index is 4.26. The summed E-state index contributed by atoms with van der Waals surface area (Å²) in [5.74, 6) is 0. The third-order valence-electron chi connectivity index (χ3n) is 4.36. The summed E-state index contributed by atoms with van der Waals surface area (Å²) < 4.78 is 0. The quantitative estimate of drug-likeness (QED) is 0.500. The zero-order valence-electron chi connectivity index (χ0n) is 15.0. The Balaban J connectivity index is 2.20. The lowest BCUT2D eigenvalue weighted by atomic mass is 9.94. The van der Waals surface area contributed by atoms with Crippen LogP contribution in [-0.4, -0.2) is 0 Å². The first kappa shape index (κ1) is 17.7. The smallest absolute Gasteiger partial charge is 0.0183 e. The van der Waals surface area contributed by atoms with Crippen molar-refractivity contribution < 1.29 is 0 Å². The summed E-state index contributed by atoms with van der Waals surface area (Å²) in [6.45, 7) is 14.9. The highest BCUT2D eigenvalue weighted by molar-refractivity contribution is 5.81. The van der Waals surface area contributed by atoms with Crippen LogP contribution in [-0.2, 0) is 0 Å². The second-order valence-electron chi connectivity index (χ2n) is 5.94. The first-order chi connectivity index (χ1) is 11.6. The van der Waals surface area contributed by atoms with Gasteiger partial charge in [0.2, 0.25) is 0 Å². The van der Waals surface area contributed by atoms with Gasteiger partial charge in [-0.25, -0.2) is 0 Å². The molecule has 0 unspecified atom stereocenters. The van der Waals surface area contributed by atoms with E-state index in [1.807, 2.05) is 18.2 Å². The van der Waals surface area contributed by atoms with Crippen molar-refractivity contribution in [3.63, 3.8) is 0 Å². The number of benzene rings is 2. The summed E-state index contributed by atoms with van der Waals surface area (Å²) in [5.41, 5.74) is 8.10. The van der Waals surface area contributed by atoms with E-state index >= 15 is 0 Å². The van der Waals surface area contributed by atoms with Gasteiger partial charge in [0, 0.05) is 0 Å². The molecule has 0 N–H and O–H groups in total. The van der Waals surface area contributed by atoms with Crippen LogP contribution in [0, 0.1) is 0 Å². The molecule has 0 spiro atoms. The minimum absolute atomic E-state index is 1.04. The van der Waals surface area contributed by atoms with E-state index in [-0.39, 0.29) is 0 Å². The molecule has 2 rings (SSSR count). The van der Waals surface area contributed by atoms with Crippen LogP contribution in [0.4, 0.5) is 0 Å². The molecule has 0 saturated carbocycles. The molecule has 0 heterocycles. The molecule has 0 aliphatic rings. The predicted molar refractivity (Wildman–Crippen MR) is 108 cm³/mol. The Kier molecular flexibility index (Phi) is 6.14. The Hall–Kier alpha value is -2.60. The van der Waals surface area contributed by atoms with Crippen molar-refractivity contribution in [2.75, 3.05) is 0 Å². The van der Waals surface area contributed by atoms with E-state index in [1.165, 1.54) is 11.1 Å². The van der Waals surface area contributed by atoms with Crippen molar-refractivity contribution in [1.29, 1.82) is 0 Å². The Bertz CT molecular complexity index is 769. The maximum Gasteiger partial charge on any atom is -0.0183 e. The van der Waals surface area contributed by atoms with Gasteiger partial charge in [-0.3, -0.25) is 0 Å². The zero-order chi connectivity index (χ0) is 17.5. The molecule has 0 radical (unpaired) electrons. The minimum atomic E-state index is 1.04. The molecule has 0 aromatic heterocycles. The predicted octanol–water partition coefficient (Wildman–Crippen LogP) is 7.06. The largest absolute Gasteiger partial charge is 0.0909 e. The van der Waals surface area contributed by atoms with Crippen LogP contribution in [0.15, 0.2) is 91.1 Å². The van der Waals surface area contributed by atoms with Gasteiger partial charge in [-0.1, -0.05) is 92.4 Å². The molecular formula is C24H26. The minimum Gasteiger partial charge on any atom is -0.0909 e. The van der Waals surface area contributed by atoms with Crippen LogP contribution in [0.25, 0.3) is 11.1 Å². The van der Waals surface area contributed by atoms with Gasteiger partial charge in [-0.05, 0) is 53.7 Å². The van der Waals surface area contributed by atoms with Crippen LogP contribution in [0.3, 0.4) is 0 Å². The van der Waals surface area contributed by atoms with Crippen molar-refractivity contribution in [1.82, 2.24) is 0 Å². The van der Waals surface area contributed by atoms with E-state index in [2.05, 4.69) is 82.5 Å². The zero-order valence-corrected chi connectivity index (χ0v) is 15.0. The second-order valence-corrected chi connectivity index (χ2v) is 5.94. The van der Waals surface area contributed by atoms with Crippen molar-refractivity contribution in [2.24, 2.45) is 0 Å². The first-order valence-corrected chi connectivity index (χ1v) is 8.44. The van der Waals surface area contributed by atoms with Gasteiger partial charge >= 0.3 is 0 Å². The maximum atomic E-state index is 4.26. The van der Waals surface area contributed by atoms with Crippen LogP contribution in [0.1, 0.15) is 43.9 Å². The fourth-order valence-electron chi connectivity index (χ4n) is 2.66. The molecule has 0 aliphatic carbocycles. The van der Waals surface area contributed by atoms with Crippen molar-refractivity contribution in [3.05, 3.63) is 108 Å². The highest BCUT2D eigenvalue weighted by atomic mass is 14.1. The summed E-state index contributed by atoms with van der Waals surface area (Å²) in [6, 6.07) is 18.8. The molecule has 0 bridgehead atoms. The average Bonchev–Trinajstić information content (AvgIpc) is 2.65. The topological polar surface area (TPSA) is 0 Å². The highest BCUT2D eigenvalue weighted by Gasteiger charge is 2.05. The number of allylic oxidation sites excluding steroid dienone is 5. The molecule has 0 aliphatic heterocycles. The van der Waals surface area contributed by atoms with Gasteiger partial charge in [0.15, 0.2) is 0 Å². The van der Waals surface area contributed by atoms with Crippen LogP contribution >= 0.6 is 0 Å². The van der Waals surface area contributed by atoms with Gasteiger partial charge < -0.3 is 0 Å². The standard InChI is InChI=1S/C24H26/c1-6-21(7-2)17-18(3)19(4)23-13-15-24(16-14-23)20(5)22-11-9-8-10-12-22/h6,8-17H,4-5,7H2,1-3H3/b18-17-,21-6-. The van der Waals surface area contributed by atoms with Gasteiger partial charge in [0.05, 0.1) is 0 Å². The number of hydrogen-bond acceptors (Lipinski definition) is 0. The normalized spacial score (nSPS) is 12.1. The van der Waals surface area contributed by atoms with Crippen LogP contribution < -0.4 is 0 Å². The molecule has 0 saturated heterocycles. The first-order valence-electron chi connectivity index (χ1n) is 8.44. The Labute approximate surface area is 146 Å². The molecule has 0 heteroatoms. The molecule has 0 nitrogen and oxygen atoms in total. The summed E-state index contributed by atoms with van der Waals surface area (Å²) in [7, 11) is 0. The molecular weight excluding hydrogens is 288 g/mol. The molecule has 2 aromatic rings. The Morgan fingerprint density at radius 1 is 0.875 bits per heavy atom. The van der Waals surface area contributed by atoms with Crippen LogP contribution in [0.5, 0.6) is 0 Å². The van der Waals surface area contributed by atoms with E-state index in [1.54, 1.807) is 0 Å². The van der Waals surface area contributed by atoms with E-state index in [0.29, 0.717) is 0 Å². The fourth-order valence-corrected chi connectivity index (χ4v) is 2.66. The van der Waals surface area contributed by atoms with Gasteiger partial charge in [0.25, 0.3) is 0 Å². The molecule has 122 valence electrons.